The van der Waals surface area contributed by atoms with Crippen LogP contribution in [0.2, 0.25) is 0 Å². The SMILES string of the molecule is C=C=C1SC(/C(=C/C)OC)=NC1(C)C. The van der Waals surface area contributed by atoms with Gasteiger partial charge in [-0.25, -0.2) is 0 Å². The molecule has 0 bridgehead atoms. The quantitative estimate of drug-likeness (QED) is 0.515. The first-order valence-corrected chi connectivity index (χ1v) is 5.25. The van der Waals surface area contributed by atoms with Gasteiger partial charge in [-0.05, 0) is 26.8 Å². The van der Waals surface area contributed by atoms with E-state index in [0.29, 0.717) is 0 Å². The Morgan fingerprint density at radius 1 is 1.64 bits per heavy atom. The van der Waals surface area contributed by atoms with Gasteiger partial charge in [0.25, 0.3) is 0 Å². The van der Waals surface area contributed by atoms with Crippen LogP contribution in [0.1, 0.15) is 20.8 Å². The lowest BCUT2D eigenvalue weighted by molar-refractivity contribution is 0.315. The molecule has 0 atom stereocenters. The fourth-order valence-electron chi connectivity index (χ4n) is 1.24. The molecule has 0 aromatic rings. The first-order chi connectivity index (χ1) is 6.55. The molecule has 0 unspecified atom stereocenters. The molecule has 0 fully saturated rings. The van der Waals surface area contributed by atoms with Crippen molar-refractivity contribution in [3.8, 4) is 0 Å². The number of hydrogen-bond acceptors (Lipinski definition) is 3. The van der Waals surface area contributed by atoms with Gasteiger partial charge in [0.1, 0.15) is 10.8 Å². The molecule has 0 aromatic carbocycles. The Morgan fingerprint density at radius 3 is 2.64 bits per heavy atom. The van der Waals surface area contributed by atoms with E-state index in [-0.39, 0.29) is 5.54 Å². The zero-order valence-corrected chi connectivity index (χ0v) is 9.86. The molecule has 0 N–H and O–H groups in total. The van der Waals surface area contributed by atoms with E-state index in [9.17, 15) is 0 Å². The van der Waals surface area contributed by atoms with E-state index < -0.39 is 0 Å². The predicted molar refractivity (Wildman–Crippen MR) is 62.5 cm³/mol. The topological polar surface area (TPSA) is 21.6 Å². The second-order valence-corrected chi connectivity index (χ2v) is 4.44. The molecule has 14 heavy (non-hydrogen) atoms. The summed E-state index contributed by atoms with van der Waals surface area (Å²) in [4.78, 5) is 5.61. The summed E-state index contributed by atoms with van der Waals surface area (Å²) in [5, 5.41) is 0.908. The van der Waals surface area contributed by atoms with Gasteiger partial charge in [0.15, 0.2) is 0 Å². The Kier molecular flexibility index (Phi) is 3.25. The molecule has 1 rings (SSSR count). The van der Waals surface area contributed by atoms with E-state index >= 15 is 0 Å². The van der Waals surface area contributed by atoms with E-state index in [4.69, 9.17) is 4.74 Å². The molecule has 0 spiro atoms. The van der Waals surface area contributed by atoms with Crippen molar-refractivity contribution in [2.75, 3.05) is 7.11 Å². The van der Waals surface area contributed by atoms with Crippen LogP contribution in [-0.2, 0) is 4.74 Å². The summed E-state index contributed by atoms with van der Waals surface area (Å²) in [5.41, 5.74) is 2.71. The van der Waals surface area contributed by atoms with Crippen LogP contribution >= 0.6 is 11.8 Å². The van der Waals surface area contributed by atoms with Gasteiger partial charge >= 0.3 is 0 Å². The zero-order valence-electron chi connectivity index (χ0n) is 9.05. The highest BCUT2D eigenvalue weighted by Gasteiger charge is 2.32. The highest BCUT2D eigenvalue weighted by Crippen LogP contribution is 2.40. The van der Waals surface area contributed by atoms with Crippen LogP contribution in [0.15, 0.2) is 34.0 Å². The molecule has 0 aliphatic carbocycles. The first kappa shape index (κ1) is 11.2. The van der Waals surface area contributed by atoms with Crippen molar-refractivity contribution < 1.29 is 4.74 Å². The van der Waals surface area contributed by atoms with Gasteiger partial charge in [0, 0.05) is 0 Å². The van der Waals surface area contributed by atoms with Gasteiger partial charge < -0.3 is 4.74 Å². The lowest BCUT2D eigenvalue weighted by atomic mass is 10.1. The minimum atomic E-state index is -0.214. The number of hydrogen-bond donors (Lipinski definition) is 0. The number of allylic oxidation sites excluding steroid dienone is 1. The predicted octanol–water partition coefficient (Wildman–Crippen LogP) is 3.13. The number of nitrogens with zero attached hydrogens (tertiary/aromatic N) is 1. The maximum absolute atomic E-state index is 5.22. The molecule has 1 aliphatic heterocycles. The van der Waals surface area contributed by atoms with Crippen LogP contribution < -0.4 is 0 Å². The van der Waals surface area contributed by atoms with E-state index in [1.54, 1.807) is 18.9 Å². The molecule has 0 amide bonds. The Bertz CT molecular complexity index is 346. The van der Waals surface area contributed by atoms with Crippen molar-refractivity contribution in [2.45, 2.75) is 26.3 Å². The van der Waals surface area contributed by atoms with Gasteiger partial charge in [-0.1, -0.05) is 18.3 Å². The fourth-order valence-corrected chi connectivity index (χ4v) is 2.37. The lowest BCUT2D eigenvalue weighted by Gasteiger charge is -2.12. The van der Waals surface area contributed by atoms with Crippen LogP contribution in [0.25, 0.3) is 0 Å². The third-order valence-corrected chi connectivity index (χ3v) is 3.32. The van der Waals surface area contributed by atoms with Crippen molar-refractivity contribution in [3.63, 3.8) is 0 Å². The minimum Gasteiger partial charge on any atom is -0.494 e. The fraction of sp³-hybridized carbons (Fsp3) is 0.455. The van der Waals surface area contributed by atoms with Gasteiger partial charge in [-0.3, -0.25) is 4.99 Å². The average molecular weight is 209 g/mol. The van der Waals surface area contributed by atoms with Crippen LogP contribution in [0, 0.1) is 0 Å². The average Bonchev–Trinajstić information content (AvgIpc) is 2.43. The van der Waals surface area contributed by atoms with Crippen LogP contribution in [0.3, 0.4) is 0 Å². The number of methoxy groups -OCH3 is 1. The van der Waals surface area contributed by atoms with Crippen molar-refractivity contribution in [1.82, 2.24) is 0 Å². The molecular formula is C11H15NOS. The Hall–Kier alpha value is -0.920. The Labute approximate surface area is 89.4 Å². The molecule has 76 valence electrons. The summed E-state index contributed by atoms with van der Waals surface area (Å²) < 4.78 is 5.22. The van der Waals surface area contributed by atoms with Crippen molar-refractivity contribution in [2.24, 2.45) is 4.99 Å². The highest BCUT2D eigenvalue weighted by molar-refractivity contribution is 8.18. The summed E-state index contributed by atoms with van der Waals surface area (Å²) >= 11 is 1.57. The van der Waals surface area contributed by atoms with Crippen molar-refractivity contribution in [3.05, 3.63) is 29.1 Å². The number of aliphatic imine (C=N–C) groups is 1. The molecule has 1 heterocycles. The Morgan fingerprint density at radius 2 is 2.29 bits per heavy atom. The normalized spacial score (nSPS) is 20.4. The molecule has 0 saturated heterocycles. The third-order valence-electron chi connectivity index (χ3n) is 1.99. The maximum atomic E-state index is 5.22. The second-order valence-electron chi connectivity index (χ2n) is 3.44. The van der Waals surface area contributed by atoms with E-state index in [1.165, 1.54) is 0 Å². The van der Waals surface area contributed by atoms with Crippen molar-refractivity contribution in [1.29, 1.82) is 0 Å². The summed E-state index contributed by atoms with van der Waals surface area (Å²) in [6, 6.07) is 0. The lowest BCUT2D eigenvalue weighted by Crippen LogP contribution is -2.13. The summed E-state index contributed by atoms with van der Waals surface area (Å²) in [5.74, 6) is 0.813. The van der Waals surface area contributed by atoms with Gasteiger partial charge in [-0.15, -0.1) is 5.73 Å². The Balaban J connectivity index is 3.04. The summed E-state index contributed by atoms with van der Waals surface area (Å²) in [6.07, 6.45) is 1.91. The van der Waals surface area contributed by atoms with Gasteiger partial charge in [0.05, 0.1) is 17.6 Å². The van der Waals surface area contributed by atoms with Crippen LogP contribution in [-0.4, -0.2) is 17.7 Å². The third kappa shape index (κ3) is 1.94. The maximum Gasteiger partial charge on any atom is 0.146 e. The molecule has 0 saturated carbocycles. The molecule has 0 aromatic heterocycles. The van der Waals surface area contributed by atoms with Crippen LogP contribution in [0.5, 0.6) is 0 Å². The molecule has 2 nitrogen and oxygen atoms in total. The highest BCUT2D eigenvalue weighted by atomic mass is 32.2. The number of rotatable bonds is 2. The molecular weight excluding hydrogens is 194 g/mol. The second kappa shape index (κ2) is 4.07. The van der Waals surface area contributed by atoms with E-state index in [1.807, 2.05) is 26.8 Å². The first-order valence-electron chi connectivity index (χ1n) is 4.44. The smallest absolute Gasteiger partial charge is 0.146 e. The largest absolute Gasteiger partial charge is 0.494 e. The number of thioether (sulfide) groups is 1. The van der Waals surface area contributed by atoms with Crippen LogP contribution in [0.4, 0.5) is 0 Å². The molecule has 1 aliphatic rings. The standard InChI is InChI=1S/C11H15NOS/c1-6-8(13-5)10-12-11(3,4)9(7-2)14-10/h6H,2H2,1,3-5H3/b8-6-. The summed E-state index contributed by atoms with van der Waals surface area (Å²) in [7, 11) is 1.65. The van der Waals surface area contributed by atoms with Crippen molar-refractivity contribution >= 4 is 16.8 Å². The van der Waals surface area contributed by atoms with E-state index in [2.05, 4.69) is 17.3 Å². The molecule has 0 radical (unpaired) electrons. The zero-order chi connectivity index (χ0) is 10.8. The van der Waals surface area contributed by atoms with E-state index in [0.717, 1.165) is 15.7 Å². The summed E-state index contributed by atoms with van der Waals surface area (Å²) in [6.45, 7) is 9.69. The molecule has 3 heteroatoms. The monoisotopic (exact) mass is 209 g/mol. The van der Waals surface area contributed by atoms with Gasteiger partial charge in [0.2, 0.25) is 0 Å². The minimum absolute atomic E-state index is 0.214. The number of ether oxygens (including phenoxy) is 1. The van der Waals surface area contributed by atoms with Gasteiger partial charge in [-0.2, -0.15) is 0 Å².